The third kappa shape index (κ3) is 3.25. The van der Waals surface area contributed by atoms with Crippen LogP contribution in [-0.4, -0.2) is 22.7 Å². The fourth-order valence-corrected chi connectivity index (χ4v) is 2.91. The standard InChI is InChI=1S/C14H15BrN4O2/c15-9-3-8(4-10(16)6-9)5-13(20)17-14-11-7-21-2-1-12(11)18-19-14/h3-4,6H,1-2,5,7,16H2,(H2,17,18,19,20). The first kappa shape index (κ1) is 14.1. The fourth-order valence-electron chi connectivity index (χ4n) is 2.35. The molecular weight excluding hydrogens is 336 g/mol. The molecule has 0 saturated carbocycles. The highest BCUT2D eigenvalue weighted by molar-refractivity contribution is 9.10. The number of fused-ring (bicyclic) bond motifs is 1. The van der Waals surface area contributed by atoms with E-state index in [4.69, 9.17) is 10.5 Å². The molecule has 1 aliphatic rings. The van der Waals surface area contributed by atoms with E-state index < -0.39 is 0 Å². The van der Waals surface area contributed by atoms with Gasteiger partial charge in [-0.1, -0.05) is 15.9 Å². The van der Waals surface area contributed by atoms with Gasteiger partial charge in [-0.2, -0.15) is 5.10 Å². The molecule has 6 nitrogen and oxygen atoms in total. The first-order valence-corrected chi connectivity index (χ1v) is 7.40. The second kappa shape index (κ2) is 5.87. The van der Waals surface area contributed by atoms with Gasteiger partial charge in [0, 0.05) is 27.8 Å². The van der Waals surface area contributed by atoms with Crippen LogP contribution in [0.3, 0.4) is 0 Å². The Kier molecular flexibility index (Phi) is 3.94. The number of ether oxygens (including phenoxy) is 1. The SMILES string of the molecule is Nc1cc(Br)cc(CC(=O)Nc2n[nH]c3c2COCC3)c1. The number of anilines is 2. The van der Waals surface area contributed by atoms with Crippen molar-refractivity contribution in [1.82, 2.24) is 10.2 Å². The number of hydrogen-bond donors (Lipinski definition) is 3. The highest BCUT2D eigenvalue weighted by Gasteiger charge is 2.18. The molecule has 3 rings (SSSR count). The molecule has 1 aromatic heterocycles. The van der Waals surface area contributed by atoms with Gasteiger partial charge in [-0.05, 0) is 23.8 Å². The van der Waals surface area contributed by atoms with Crippen molar-refractivity contribution in [3.8, 4) is 0 Å². The number of H-pyrrole nitrogens is 1. The predicted molar refractivity (Wildman–Crippen MR) is 82.8 cm³/mol. The quantitative estimate of drug-likeness (QED) is 0.738. The molecule has 1 aromatic carbocycles. The summed E-state index contributed by atoms with van der Waals surface area (Å²) in [6, 6.07) is 5.45. The minimum absolute atomic E-state index is 0.132. The molecule has 0 radical (unpaired) electrons. The lowest BCUT2D eigenvalue weighted by atomic mass is 10.1. The van der Waals surface area contributed by atoms with Crippen molar-refractivity contribution in [2.24, 2.45) is 0 Å². The van der Waals surface area contributed by atoms with Gasteiger partial charge >= 0.3 is 0 Å². The summed E-state index contributed by atoms with van der Waals surface area (Å²) >= 11 is 3.37. The van der Waals surface area contributed by atoms with Crippen LogP contribution in [0.4, 0.5) is 11.5 Å². The molecule has 0 unspecified atom stereocenters. The van der Waals surface area contributed by atoms with Crippen LogP contribution < -0.4 is 11.1 Å². The summed E-state index contributed by atoms with van der Waals surface area (Å²) in [6.45, 7) is 1.16. The Balaban J connectivity index is 1.70. The molecular formula is C14H15BrN4O2. The number of hydrogen-bond acceptors (Lipinski definition) is 4. The highest BCUT2D eigenvalue weighted by Crippen LogP contribution is 2.22. The van der Waals surface area contributed by atoms with Gasteiger partial charge in [0.25, 0.3) is 0 Å². The molecule has 0 aliphatic carbocycles. The van der Waals surface area contributed by atoms with E-state index in [9.17, 15) is 4.79 Å². The number of carbonyl (C=O) groups is 1. The Bertz CT molecular complexity index is 663. The Morgan fingerprint density at radius 3 is 3.14 bits per heavy atom. The van der Waals surface area contributed by atoms with Gasteiger partial charge in [-0.15, -0.1) is 0 Å². The minimum atomic E-state index is -0.132. The van der Waals surface area contributed by atoms with Gasteiger partial charge in [-0.25, -0.2) is 0 Å². The molecule has 4 N–H and O–H groups in total. The van der Waals surface area contributed by atoms with Crippen LogP contribution in [0.5, 0.6) is 0 Å². The number of nitrogens with zero attached hydrogens (tertiary/aromatic N) is 1. The zero-order valence-corrected chi connectivity index (χ0v) is 12.9. The number of halogens is 1. The van der Waals surface area contributed by atoms with Crippen molar-refractivity contribution in [2.45, 2.75) is 19.4 Å². The van der Waals surface area contributed by atoms with Crippen molar-refractivity contribution in [2.75, 3.05) is 17.7 Å². The number of amides is 1. The lowest BCUT2D eigenvalue weighted by Crippen LogP contribution is -2.17. The zero-order valence-electron chi connectivity index (χ0n) is 11.3. The first-order chi connectivity index (χ1) is 10.1. The van der Waals surface area contributed by atoms with Crippen LogP contribution in [0.1, 0.15) is 16.8 Å². The van der Waals surface area contributed by atoms with E-state index in [0.717, 1.165) is 27.7 Å². The van der Waals surface area contributed by atoms with E-state index in [2.05, 4.69) is 31.4 Å². The van der Waals surface area contributed by atoms with Crippen molar-refractivity contribution >= 4 is 33.3 Å². The van der Waals surface area contributed by atoms with Crippen LogP contribution >= 0.6 is 15.9 Å². The Hall–Kier alpha value is -1.86. The summed E-state index contributed by atoms with van der Waals surface area (Å²) in [5.74, 6) is 0.421. The second-order valence-corrected chi connectivity index (χ2v) is 5.87. The molecule has 0 spiro atoms. The molecule has 21 heavy (non-hydrogen) atoms. The van der Waals surface area contributed by atoms with E-state index in [1.54, 1.807) is 12.1 Å². The first-order valence-electron chi connectivity index (χ1n) is 6.60. The summed E-state index contributed by atoms with van der Waals surface area (Å²) < 4.78 is 6.25. The van der Waals surface area contributed by atoms with Crippen molar-refractivity contribution < 1.29 is 9.53 Å². The van der Waals surface area contributed by atoms with E-state index in [-0.39, 0.29) is 12.3 Å². The molecule has 0 saturated heterocycles. The molecule has 1 aliphatic heterocycles. The molecule has 2 heterocycles. The van der Waals surface area contributed by atoms with Gasteiger partial charge < -0.3 is 15.8 Å². The molecule has 0 bridgehead atoms. The third-order valence-corrected chi connectivity index (χ3v) is 3.76. The lowest BCUT2D eigenvalue weighted by Gasteiger charge is -2.12. The maximum absolute atomic E-state index is 12.1. The number of carbonyl (C=O) groups excluding carboxylic acids is 1. The van der Waals surface area contributed by atoms with Crippen molar-refractivity contribution in [3.63, 3.8) is 0 Å². The maximum Gasteiger partial charge on any atom is 0.230 e. The topological polar surface area (TPSA) is 93.0 Å². The predicted octanol–water partition coefficient (Wildman–Crippen LogP) is 2.01. The summed E-state index contributed by atoms with van der Waals surface area (Å²) in [6.07, 6.45) is 1.03. The van der Waals surface area contributed by atoms with E-state index in [0.29, 0.717) is 24.7 Å². The van der Waals surface area contributed by atoms with Crippen molar-refractivity contribution in [3.05, 3.63) is 39.5 Å². The van der Waals surface area contributed by atoms with Gasteiger partial charge in [-0.3, -0.25) is 9.89 Å². The Morgan fingerprint density at radius 2 is 2.33 bits per heavy atom. The van der Waals surface area contributed by atoms with Crippen LogP contribution in [-0.2, 0) is 29.0 Å². The summed E-state index contributed by atoms with van der Waals surface area (Å²) in [4.78, 5) is 12.1. The highest BCUT2D eigenvalue weighted by atomic mass is 79.9. The molecule has 1 amide bonds. The molecule has 2 aromatic rings. The minimum Gasteiger partial charge on any atom is -0.399 e. The van der Waals surface area contributed by atoms with Crippen molar-refractivity contribution in [1.29, 1.82) is 0 Å². The van der Waals surface area contributed by atoms with Crippen LogP contribution in [0.15, 0.2) is 22.7 Å². The molecule has 7 heteroatoms. The Labute approximate surface area is 130 Å². The normalized spacial score (nSPS) is 13.8. The number of nitrogens with one attached hydrogen (secondary N) is 2. The van der Waals surface area contributed by atoms with Gasteiger partial charge in [0.1, 0.15) is 0 Å². The molecule has 0 atom stereocenters. The van der Waals surface area contributed by atoms with E-state index >= 15 is 0 Å². The second-order valence-electron chi connectivity index (χ2n) is 4.95. The summed E-state index contributed by atoms with van der Waals surface area (Å²) in [5, 5.41) is 9.91. The number of nitrogen functional groups attached to an aromatic ring is 1. The fraction of sp³-hybridized carbons (Fsp3) is 0.286. The number of benzene rings is 1. The largest absolute Gasteiger partial charge is 0.399 e. The van der Waals surface area contributed by atoms with E-state index in [1.165, 1.54) is 0 Å². The lowest BCUT2D eigenvalue weighted by molar-refractivity contribution is -0.115. The Morgan fingerprint density at radius 1 is 1.48 bits per heavy atom. The maximum atomic E-state index is 12.1. The number of aromatic nitrogens is 2. The molecule has 110 valence electrons. The monoisotopic (exact) mass is 350 g/mol. The summed E-state index contributed by atoms with van der Waals surface area (Å²) in [5.41, 5.74) is 9.20. The smallest absolute Gasteiger partial charge is 0.230 e. The number of rotatable bonds is 3. The van der Waals surface area contributed by atoms with Crippen LogP contribution in [0.25, 0.3) is 0 Å². The average Bonchev–Trinajstić information content (AvgIpc) is 2.81. The van der Waals surface area contributed by atoms with Gasteiger partial charge in [0.2, 0.25) is 5.91 Å². The molecule has 0 fully saturated rings. The van der Waals surface area contributed by atoms with Crippen LogP contribution in [0, 0.1) is 0 Å². The zero-order chi connectivity index (χ0) is 14.8. The number of aromatic amines is 1. The van der Waals surface area contributed by atoms with E-state index in [1.807, 2.05) is 6.07 Å². The van der Waals surface area contributed by atoms with Gasteiger partial charge in [0.05, 0.1) is 19.6 Å². The van der Waals surface area contributed by atoms with Gasteiger partial charge in [0.15, 0.2) is 5.82 Å². The summed E-state index contributed by atoms with van der Waals surface area (Å²) in [7, 11) is 0. The van der Waals surface area contributed by atoms with Crippen LogP contribution in [0.2, 0.25) is 0 Å². The average molecular weight is 351 g/mol. The third-order valence-electron chi connectivity index (χ3n) is 3.30. The number of nitrogens with two attached hydrogens (primary N) is 1.